The molecule has 0 saturated carbocycles. The summed E-state index contributed by atoms with van der Waals surface area (Å²) in [6.45, 7) is 0. The van der Waals surface area contributed by atoms with Crippen molar-refractivity contribution < 1.29 is 35.1 Å². The van der Waals surface area contributed by atoms with Crippen LogP contribution in [-0.4, -0.2) is 7.11 Å². The van der Waals surface area contributed by atoms with Crippen LogP contribution in [0.2, 0.25) is 0 Å². The summed E-state index contributed by atoms with van der Waals surface area (Å²) in [5.41, 5.74) is 0. The Morgan fingerprint density at radius 3 is 2.29 bits per heavy atom. The zero-order chi connectivity index (χ0) is 16.9. The molecule has 3 aromatic rings. The fraction of sp³-hybridized carbons (Fsp3) is 0.0526. The van der Waals surface area contributed by atoms with Crippen LogP contribution in [0.15, 0.2) is 66.7 Å². The van der Waals surface area contributed by atoms with Gasteiger partial charge in [-0.2, -0.15) is 0 Å². The van der Waals surface area contributed by atoms with Gasteiger partial charge in [-0.05, 0) is 59.0 Å². The van der Waals surface area contributed by atoms with Crippen molar-refractivity contribution in [1.29, 1.82) is 0 Å². The van der Waals surface area contributed by atoms with Gasteiger partial charge in [-0.1, -0.05) is 18.2 Å². The van der Waals surface area contributed by atoms with Crippen LogP contribution in [0.25, 0.3) is 0 Å². The fourth-order valence-corrected chi connectivity index (χ4v) is 4.82. The summed E-state index contributed by atoms with van der Waals surface area (Å²) >= 11 is 1.75. The molecule has 0 amide bonds. The second-order valence-corrected chi connectivity index (χ2v) is 9.14. The molecule has 24 heavy (non-hydrogen) atoms. The number of hydrogen-bond donors (Lipinski definition) is 0. The Bertz CT molecular complexity index is 821. The number of methoxy groups -OCH3 is 1. The van der Waals surface area contributed by atoms with Gasteiger partial charge in [0, 0.05) is 15.7 Å². The maximum Gasteiger partial charge on any atom is 0.358 e. The molecule has 3 aromatic carbocycles. The first-order valence-electron chi connectivity index (χ1n) is 7.16. The third-order valence-corrected chi connectivity index (χ3v) is 6.48. The summed E-state index contributed by atoms with van der Waals surface area (Å²) in [4.78, 5) is 0. The van der Waals surface area contributed by atoms with E-state index in [0.29, 0.717) is 11.5 Å². The highest BCUT2D eigenvalue weighted by atomic mass is 127. The van der Waals surface area contributed by atoms with Crippen LogP contribution in [0.1, 0.15) is 0 Å². The van der Waals surface area contributed by atoms with Crippen molar-refractivity contribution in [2.24, 2.45) is 0 Å². The average Bonchev–Trinajstić information content (AvgIpc) is 2.58. The number of hydrogen-bond acceptors (Lipinski definition) is 2. The van der Waals surface area contributed by atoms with Crippen LogP contribution >= 0.6 is 22.6 Å². The molecular weight excluding hydrogens is 533 g/mol. The van der Waals surface area contributed by atoms with Crippen molar-refractivity contribution in [2.75, 3.05) is 7.11 Å². The highest BCUT2D eigenvalue weighted by Gasteiger charge is 2.22. The third kappa shape index (κ3) is 4.38. The third-order valence-electron chi connectivity index (χ3n) is 3.17. The van der Waals surface area contributed by atoms with Gasteiger partial charge < -0.3 is 9.47 Å². The molecule has 0 N–H and O–H groups in total. The van der Waals surface area contributed by atoms with Crippen LogP contribution in [0.4, 0.5) is 4.39 Å². The van der Waals surface area contributed by atoms with Gasteiger partial charge in [0.25, 0.3) is 0 Å². The Morgan fingerprint density at radius 2 is 1.62 bits per heavy atom. The summed E-state index contributed by atoms with van der Waals surface area (Å²) in [7, 11) is 1.45. The standard InChI is InChI=1S/C19H14FI2O2/c1-23-19-17(20)11-15(22-14-5-3-2-4-6-14)12-18(19)24-16-9-7-13(21)8-10-16/h2-12H,1H3/q+1. The van der Waals surface area contributed by atoms with Gasteiger partial charge >= 0.3 is 21.2 Å². The minimum atomic E-state index is -0.481. The molecule has 2 nitrogen and oxygen atoms in total. The molecule has 0 bridgehead atoms. The Labute approximate surface area is 164 Å². The van der Waals surface area contributed by atoms with E-state index in [2.05, 4.69) is 34.7 Å². The largest absolute Gasteiger partial charge is 0.490 e. The van der Waals surface area contributed by atoms with E-state index in [4.69, 9.17) is 9.47 Å². The zero-order valence-corrected chi connectivity index (χ0v) is 17.1. The minimum absolute atomic E-state index is 0.134. The normalized spacial score (nSPS) is 10.5. The lowest BCUT2D eigenvalue weighted by molar-refractivity contribution is -0.597. The van der Waals surface area contributed by atoms with Gasteiger partial charge in [-0.3, -0.25) is 0 Å². The van der Waals surface area contributed by atoms with Crippen LogP contribution in [0.5, 0.6) is 17.2 Å². The first-order chi connectivity index (χ1) is 11.7. The lowest BCUT2D eigenvalue weighted by Gasteiger charge is -2.10. The van der Waals surface area contributed by atoms with Crippen LogP contribution in [0.3, 0.4) is 0 Å². The summed E-state index contributed by atoms with van der Waals surface area (Å²) in [6, 6.07) is 21.1. The predicted octanol–water partition coefficient (Wildman–Crippen LogP) is 2.36. The van der Waals surface area contributed by atoms with Crippen LogP contribution in [0, 0.1) is 16.5 Å². The van der Waals surface area contributed by atoms with Gasteiger partial charge in [0.1, 0.15) is 5.75 Å². The van der Waals surface area contributed by atoms with Crippen molar-refractivity contribution >= 4 is 22.6 Å². The van der Waals surface area contributed by atoms with E-state index in [-0.39, 0.29) is 5.75 Å². The molecule has 0 unspecified atom stereocenters. The van der Waals surface area contributed by atoms with Crippen molar-refractivity contribution in [1.82, 2.24) is 0 Å². The molecule has 5 heteroatoms. The fourth-order valence-electron chi connectivity index (χ4n) is 2.10. The highest BCUT2D eigenvalue weighted by molar-refractivity contribution is 14.1. The number of halogens is 3. The van der Waals surface area contributed by atoms with Gasteiger partial charge in [0.15, 0.2) is 20.9 Å². The molecule has 0 atom stereocenters. The first kappa shape index (κ1) is 17.5. The second kappa shape index (κ2) is 8.15. The monoisotopic (exact) mass is 547 g/mol. The summed E-state index contributed by atoms with van der Waals surface area (Å²) < 4.78 is 28.7. The average molecular weight is 547 g/mol. The van der Waals surface area contributed by atoms with E-state index < -0.39 is 27.0 Å². The Morgan fingerprint density at radius 1 is 0.917 bits per heavy atom. The molecule has 0 heterocycles. The van der Waals surface area contributed by atoms with Crippen LogP contribution in [-0.2, 0) is 0 Å². The van der Waals surface area contributed by atoms with Crippen molar-refractivity contribution in [3.05, 3.63) is 83.3 Å². The summed E-state index contributed by atoms with van der Waals surface area (Å²) in [5.74, 6) is 0.799. The Balaban J connectivity index is 1.92. The van der Waals surface area contributed by atoms with E-state index >= 15 is 0 Å². The molecule has 0 aliphatic carbocycles. The van der Waals surface area contributed by atoms with Gasteiger partial charge in [-0.15, -0.1) is 0 Å². The number of benzene rings is 3. The molecule has 3 rings (SSSR count). The topological polar surface area (TPSA) is 18.5 Å². The molecule has 0 saturated heterocycles. The van der Waals surface area contributed by atoms with Crippen molar-refractivity contribution in [3.8, 4) is 17.2 Å². The van der Waals surface area contributed by atoms with Crippen molar-refractivity contribution in [3.63, 3.8) is 0 Å². The van der Waals surface area contributed by atoms with E-state index in [9.17, 15) is 4.39 Å². The highest BCUT2D eigenvalue weighted by Crippen LogP contribution is 2.33. The Kier molecular flexibility index (Phi) is 5.94. The summed E-state index contributed by atoms with van der Waals surface area (Å²) in [6.07, 6.45) is 0. The van der Waals surface area contributed by atoms with Crippen molar-refractivity contribution in [2.45, 2.75) is 0 Å². The maximum absolute atomic E-state index is 14.4. The molecule has 0 aromatic heterocycles. The molecule has 0 spiro atoms. The predicted molar refractivity (Wildman–Crippen MR) is 96.0 cm³/mol. The van der Waals surface area contributed by atoms with E-state index in [1.807, 2.05) is 48.5 Å². The maximum atomic E-state index is 14.4. The second-order valence-electron chi connectivity index (χ2n) is 4.87. The molecule has 0 fully saturated rings. The quantitative estimate of drug-likeness (QED) is 0.458. The number of rotatable bonds is 5. The lowest BCUT2D eigenvalue weighted by Crippen LogP contribution is -3.61. The van der Waals surface area contributed by atoms with Gasteiger partial charge in [0.05, 0.1) is 7.11 Å². The first-order valence-corrected chi connectivity index (χ1v) is 10.4. The molecule has 0 aliphatic rings. The smallest absolute Gasteiger partial charge is 0.358 e. The zero-order valence-electron chi connectivity index (χ0n) is 12.8. The van der Waals surface area contributed by atoms with E-state index in [1.165, 1.54) is 10.7 Å². The van der Waals surface area contributed by atoms with Crippen LogP contribution < -0.4 is 30.7 Å². The van der Waals surface area contributed by atoms with E-state index in [1.54, 1.807) is 6.07 Å². The molecular formula is C19H14FI2O2+. The lowest BCUT2D eigenvalue weighted by atomic mass is 10.3. The van der Waals surface area contributed by atoms with Gasteiger partial charge in [0.2, 0.25) is 3.57 Å². The minimum Gasteiger partial charge on any atom is -0.490 e. The SMILES string of the molecule is COc1c(F)cc([I+]c2ccccc2)cc1Oc1ccc(I)cc1. The summed E-state index contributed by atoms with van der Waals surface area (Å²) in [5, 5.41) is 0. The molecule has 0 aliphatic heterocycles. The molecule has 122 valence electrons. The van der Waals surface area contributed by atoms with E-state index in [0.717, 1.165) is 7.14 Å². The molecule has 0 radical (unpaired) electrons. The Hall–Kier alpha value is -1.35. The number of ether oxygens (including phenoxy) is 2. The van der Waals surface area contributed by atoms with Gasteiger partial charge in [-0.25, -0.2) is 4.39 Å².